The molecule has 1 aromatic rings. The topological polar surface area (TPSA) is 75.2 Å². The van der Waals surface area contributed by atoms with Gasteiger partial charge in [0, 0.05) is 20.6 Å². The lowest BCUT2D eigenvalue weighted by molar-refractivity contribution is 0.0682. The highest BCUT2D eigenvalue weighted by Crippen LogP contribution is 2.38. The summed E-state index contributed by atoms with van der Waals surface area (Å²) in [4.78, 5) is 18.4. The molecule has 0 aromatic carbocycles. The molecule has 0 saturated heterocycles. The van der Waals surface area contributed by atoms with Gasteiger partial charge in [-0.3, -0.25) is 0 Å². The van der Waals surface area contributed by atoms with Crippen molar-refractivity contribution in [2.24, 2.45) is 0 Å². The Morgan fingerprint density at radius 2 is 2.16 bits per heavy atom. The van der Waals surface area contributed by atoms with E-state index in [1.807, 2.05) is 0 Å². The summed E-state index contributed by atoms with van der Waals surface area (Å²) in [6.45, 7) is 7.87. The molecular weight excluding hydrogens is 260 g/mol. The molecule has 5 nitrogen and oxygen atoms in total. The minimum Gasteiger partial charge on any atom is -0.476 e. The van der Waals surface area contributed by atoms with E-state index >= 15 is 0 Å². The highest BCUT2D eigenvalue weighted by atomic mass is 28.3. The summed E-state index contributed by atoms with van der Waals surface area (Å²) in [5.41, 5.74) is 0.722. The molecule has 0 atom stereocenters. The number of nitrogens with one attached hydrogen (secondary N) is 1. The quantitative estimate of drug-likeness (QED) is 0.595. The summed E-state index contributed by atoms with van der Waals surface area (Å²) < 4.78 is 5.60. The number of ether oxygens (including phenoxy) is 1. The number of hydrogen-bond acceptors (Lipinski definition) is 3. The SMILES string of the molecule is C[Si](C)(C)CCOCc1[nH]c(C2CC2)nc1C(=O)O. The fourth-order valence-corrected chi connectivity index (χ4v) is 2.57. The normalized spacial score (nSPS) is 15.7. The van der Waals surface area contributed by atoms with Crippen LogP contribution in [0.25, 0.3) is 0 Å². The number of carboxylic acids is 1. The lowest BCUT2D eigenvalue weighted by Gasteiger charge is -2.15. The van der Waals surface area contributed by atoms with Crippen molar-refractivity contribution in [1.29, 1.82) is 0 Å². The van der Waals surface area contributed by atoms with Crippen molar-refractivity contribution in [1.82, 2.24) is 9.97 Å². The number of carboxylic acid groups (broad SMARTS) is 1. The van der Waals surface area contributed by atoms with Gasteiger partial charge in [0.1, 0.15) is 5.82 Å². The molecule has 0 bridgehead atoms. The lowest BCUT2D eigenvalue weighted by atomic mass is 10.3. The van der Waals surface area contributed by atoms with E-state index in [-0.39, 0.29) is 5.69 Å². The van der Waals surface area contributed by atoms with Crippen molar-refractivity contribution < 1.29 is 14.6 Å². The van der Waals surface area contributed by atoms with Crippen molar-refractivity contribution >= 4 is 14.0 Å². The number of carbonyl (C=O) groups is 1. The summed E-state index contributed by atoms with van der Waals surface area (Å²) in [5.74, 6) is 0.252. The molecule has 19 heavy (non-hydrogen) atoms. The van der Waals surface area contributed by atoms with Crippen LogP contribution in [0.2, 0.25) is 25.7 Å². The Morgan fingerprint density at radius 3 is 2.68 bits per heavy atom. The van der Waals surface area contributed by atoms with Crippen LogP contribution in [-0.4, -0.2) is 35.7 Å². The number of hydrogen-bond donors (Lipinski definition) is 2. The first-order valence-electron chi connectivity index (χ1n) is 6.76. The molecule has 6 heteroatoms. The van der Waals surface area contributed by atoms with Gasteiger partial charge in [0.15, 0.2) is 5.69 Å². The molecule has 0 unspecified atom stereocenters. The molecule has 2 rings (SSSR count). The Kier molecular flexibility index (Phi) is 4.10. The van der Waals surface area contributed by atoms with Crippen molar-refractivity contribution in [3.8, 4) is 0 Å². The molecule has 0 aliphatic heterocycles. The zero-order chi connectivity index (χ0) is 14.0. The number of aromatic carboxylic acids is 1. The van der Waals surface area contributed by atoms with Gasteiger partial charge < -0.3 is 14.8 Å². The predicted octanol–water partition coefficient (Wildman–Crippen LogP) is 2.84. The number of nitrogens with zero attached hydrogens (tertiary/aromatic N) is 1. The Balaban J connectivity index is 1.93. The van der Waals surface area contributed by atoms with E-state index in [9.17, 15) is 4.79 Å². The number of H-pyrrole nitrogens is 1. The highest BCUT2D eigenvalue weighted by Gasteiger charge is 2.29. The minimum atomic E-state index is -1.10. The molecular formula is C13H22N2O3Si. The van der Waals surface area contributed by atoms with E-state index in [0.29, 0.717) is 24.8 Å². The van der Waals surface area contributed by atoms with Gasteiger partial charge in [-0.2, -0.15) is 0 Å². The molecule has 1 aliphatic carbocycles. The Labute approximate surface area is 114 Å². The van der Waals surface area contributed by atoms with Crippen LogP contribution in [0.4, 0.5) is 0 Å². The zero-order valence-corrected chi connectivity index (χ0v) is 12.8. The Bertz CT molecular complexity index is 461. The summed E-state index contributed by atoms with van der Waals surface area (Å²) in [6, 6.07) is 1.08. The Hall–Kier alpha value is -1.14. The van der Waals surface area contributed by atoms with Gasteiger partial charge in [0.25, 0.3) is 0 Å². The van der Waals surface area contributed by atoms with E-state index in [4.69, 9.17) is 9.84 Å². The second-order valence-corrected chi connectivity index (χ2v) is 12.0. The zero-order valence-electron chi connectivity index (χ0n) is 11.8. The largest absolute Gasteiger partial charge is 0.476 e. The average Bonchev–Trinajstić information content (AvgIpc) is 3.04. The summed E-state index contributed by atoms with van der Waals surface area (Å²) in [5, 5.41) is 9.14. The maximum absolute atomic E-state index is 11.1. The van der Waals surface area contributed by atoms with Crippen molar-refractivity contribution in [2.45, 2.75) is 51.1 Å². The van der Waals surface area contributed by atoms with Crippen LogP contribution in [0, 0.1) is 0 Å². The smallest absolute Gasteiger partial charge is 0.356 e. The van der Waals surface area contributed by atoms with Crippen LogP contribution in [0.1, 0.15) is 40.8 Å². The van der Waals surface area contributed by atoms with Crippen LogP contribution in [0.3, 0.4) is 0 Å². The van der Waals surface area contributed by atoms with Gasteiger partial charge in [-0.25, -0.2) is 9.78 Å². The maximum atomic E-state index is 11.1. The molecule has 2 N–H and O–H groups in total. The maximum Gasteiger partial charge on any atom is 0.356 e. The third-order valence-electron chi connectivity index (χ3n) is 3.21. The van der Waals surface area contributed by atoms with E-state index in [2.05, 4.69) is 29.6 Å². The molecule has 1 fully saturated rings. The van der Waals surface area contributed by atoms with E-state index in [0.717, 1.165) is 24.7 Å². The first-order valence-corrected chi connectivity index (χ1v) is 10.5. The second kappa shape index (κ2) is 5.46. The van der Waals surface area contributed by atoms with Crippen LogP contribution in [0.5, 0.6) is 0 Å². The van der Waals surface area contributed by atoms with E-state index in [1.54, 1.807) is 0 Å². The van der Waals surface area contributed by atoms with Gasteiger partial charge in [-0.1, -0.05) is 19.6 Å². The van der Waals surface area contributed by atoms with Gasteiger partial charge in [0.05, 0.1) is 12.3 Å². The first-order chi connectivity index (χ1) is 8.87. The fraction of sp³-hybridized carbons (Fsp3) is 0.692. The number of aromatic amines is 1. The van der Waals surface area contributed by atoms with Gasteiger partial charge in [-0.15, -0.1) is 0 Å². The van der Waals surface area contributed by atoms with E-state index in [1.165, 1.54) is 0 Å². The highest BCUT2D eigenvalue weighted by molar-refractivity contribution is 6.76. The molecule has 0 radical (unpaired) electrons. The van der Waals surface area contributed by atoms with Crippen molar-refractivity contribution in [3.63, 3.8) is 0 Å². The van der Waals surface area contributed by atoms with Gasteiger partial charge >= 0.3 is 5.97 Å². The fourth-order valence-electron chi connectivity index (χ4n) is 1.81. The molecule has 1 aromatic heterocycles. The lowest BCUT2D eigenvalue weighted by Crippen LogP contribution is -2.21. The molecule has 1 aliphatic rings. The van der Waals surface area contributed by atoms with Gasteiger partial charge in [0.2, 0.25) is 0 Å². The molecule has 106 valence electrons. The van der Waals surface area contributed by atoms with Crippen LogP contribution in [0.15, 0.2) is 0 Å². The van der Waals surface area contributed by atoms with Crippen LogP contribution >= 0.6 is 0 Å². The predicted molar refractivity (Wildman–Crippen MR) is 75.3 cm³/mol. The van der Waals surface area contributed by atoms with Gasteiger partial charge in [-0.05, 0) is 18.9 Å². The van der Waals surface area contributed by atoms with Crippen molar-refractivity contribution in [2.75, 3.05) is 6.61 Å². The monoisotopic (exact) mass is 282 g/mol. The minimum absolute atomic E-state index is 0.120. The standard InChI is InChI=1S/C13H22N2O3Si/c1-19(2,3)7-6-18-8-10-11(13(16)17)15-12(14-10)9-4-5-9/h9H,4-8H2,1-3H3,(H,14,15)(H,16,17). The van der Waals surface area contributed by atoms with E-state index < -0.39 is 14.0 Å². The molecule has 1 heterocycles. The third kappa shape index (κ3) is 4.17. The van der Waals surface area contributed by atoms with Crippen LogP contribution < -0.4 is 0 Å². The third-order valence-corrected chi connectivity index (χ3v) is 4.91. The summed E-state index contributed by atoms with van der Waals surface area (Å²) in [7, 11) is -1.10. The number of rotatable bonds is 7. The summed E-state index contributed by atoms with van der Waals surface area (Å²) >= 11 is 0. The molecule has 1 saturated carbocycles. The first kappa shape index (κ1) is 14.3. The molecule has 0 amide bonds. The Morgan fingerprint density at radius 1 is 1.47 bits per heavy atom. The average molecular weight is 282 g/mol. The number of imidazole rings is 1. The summed E-state index contributed by atoms with van der Waals surface area (Å²) in [6.07, 6.45) is 2.20. The second-order valence-electron chi connectivity index (χ2n) is 6.39. The van der Waals surface area contributed by atoms with Crippen molar-refractivity contribution in [3.05, 3.63) is 17.2 Å². The molecule has 0 spiro atoms. The van der Waals surface area contributed by atoms with Crippen LogP contribution in [-0.2, 0) is 11.3 Å². The number of aromatic nitrogens is 2.